The van der Waals surface area contributed by atoms with Crippen molar-refractivity contribution in [1.29, 1.82) is 5.26 Å². The second kappa shape index (κ2) is 9.38. The van der Waals surface area contributed by atoms with E-state index in [0.29, 0.717) is 16.9 Å². The molecular formula is C23H23N5O. The number of hydrogen-bond donors (Lipinski definition) is 2. The van der Waals surface area contributed by atoms with Crippen LogP contribution in [-0.4, -0.2) is 24.0 Å². The van der Waals surface area contributed by atoms with E-state index < -0.39 is 0 Å². The van der Waals surface area contributed by atoms with Gasteiger partial charge in [0.05, 0.1) is 23.5 Å². The van der Waals surface area contributed by atoms with Gasteiger partial charge in [-0.15, -0.1) is 0 Å². The standard InChI is InChI=1S/C23H23N5O/c1-3-28(4-2)21-11-8-18(9-12-21)26-20-10-13-22(25-16-20)23(29)27-19-7-5-6-17(14-19)15-24/h5-14,16,26H,3-4H2,1-2H3,(H,27,29). The largest absolute Gasteiger partial charge is 0.372 e. The molecule has 2 aromatic carbocycles. The van der Waals surface area contributed by atoms with Crippen LogP contribution in [-0.2, 0) is 0 Å². The van der Waals surface area contributed by atoms with Crippen LogP contribution in [0.15, 0.2) is 66.9 Å². The van der Waals surface area contributed by atoms with Gasteiger partial charge >= 0.3 is 0 Å². The normalized spacial score (nSPS) is 10.1. The maximum Gasteiger partial charge on any atom is 0.274 e. The molecule has 1 heterocycles. The summed E-state index contributed by atoms with van der Waals surface area (Å²) in [6.07, 6.45) is 1.62. The lowest BCUT2D eigenvalue weighted by Crippen LogP contribution is -2.21. The van der Waals surface area contributed by atoms with Crippen molar-refractivity contribution in [3.63, 3.8) is 0 Å². The predicted octanol–water partition coefficient (Wildman–Crippen LogP) is 4.80. The summed E-state index contributed by atoms with van der Waals surface area (Å²) < 4.78 is 0. The van der Waals surface area contributed by atoms with Crippen molar-refractivity contribution in [2.24, 2.45) is 0 Å². The fourth-order valence-corrected chi connectivity index (χ4v) is 2.97. The molecule has 29 heavy (non-hydrogen) atoms. The maximum absolute atomic E-state index is 12.4. The first-order valence-electron chi connectivity index (χ1n) is 9.52. The second-order valence-electron chi connectivity index (χ2n) is 6.42. The van der Waals surface area contributed by atoms with Gasteiger partial charge in [-0.3, -0.25) is 4.79 Å². The highest BCUT2D eigenvalue weighted by molar-refractivity contribution is 6.03. The summed E-state index contributed by atoms with van der Waals surface area (Å²) in [5, 5.41) is 15.0. The van der Waals surface area contributed by atoms with Gasteiger partial charge in [0.25, 0.3) is 5.91 Å². The molecule has 0 saturated heterocycles. The van der Waals surface area contributed by atoms with Crippen molar-refractivity contribution in [3.8, 4) is 6.07 Å². The SMILES string of the molecule is CCN(CC)c1ccc(Nc2ccc(C(=O)Nc3cccc(C#N)c3)nc2)cc1. The number of benzene rings is 2. The van der Waals surface area contributed by atoms with Gasteiger partial charge < -0.3 is 15.5 Å². The van der Waals surface area contributed by atoms with E-state index in [4.69, 9.17) is 5.26 Å². The molecule has 0 saturated carbocycles. The van der Waals surface area contributed by atoms with Crippen molar-refractivity contribution in [2.45, 2.75) is 13.8 Å². The maximum atomic E-state index is 12.4. The Hall–Kier alpha value is -3.85. The number of pyridine rings is 1. The van der Waals surface area contributed by atoms with Crippen LogP contribution in [0.4, 0.5) is 22.7 Å². The third kappa shape index (κ3) is 5.11. The fourth-order valence-electron chi connectivity index (χ4n) is 2.97. The molecule has 6 nitrogen and oxygen atoms in total. The average Bonchev–Trinajstić information content (AvgIpc) is 2.76. The number of nitrogens with zero attached hydrogens (tertiary/aromatic N) is 3. The van der Waals surface area contributed by atoms with E-state index in [0.717, 1.165) is 24.5 Å². The van der Waals surface area contributed by atoms with E-state index in [2.05, 4.69) is 46.5 Å². The summed E-state index contributed by atoms with van der Waals surface area (Å²) in [5.41, 5.74) is 4.28. The van der Waals surface area contributed by atoms with E-state index in [1.807, 2.05) is 24.3 Å². The highest BCUT2D eigenvalue weighted by atomic mass is 16.1. The molecule has 3 aromatic rings. The van der Waals surface area contributed by atoms with Crippen LogP contribution in [0.3, 0.4) is 0 Å². The topological polar surface area (TPSA) is 81.0 Å². The van der Waals surface area contributed by atoms with Crippen LogP contribution in [0.2, 0.25) is 0 Å². The van der Waals surface area contributed by atoms with Crippen LogP contribution in [0.5, 0.6) is 0 Å². The molecule has 0 bridgehead atoms. The molecule has 0 radical (unpaired) electrons. The lowest BCUT2D eigenvalue weighted by atomic mass is 10.2. The third-order valence-corrected chi connectivity index (χ3v) is 4.53. The Labute approximate surface area is 170 Å². The van der Waals surface area contributed by atoms with Gasteiger partial charge in [0.2, 0.25) is 0 Å². The number of nitriles is 1. The molecule has 0 fully saturated rings. The fraction of sp³-hybridized carbons (Fsp3) is 0.174. The lowest BCUT2D eigenvalue weighted by molar-refractivity contribution is 0.102. The highest BCUT2D eigenvalue weighted by Crippen LogP contribution is 2.21. The summed E-state index contributed by atoms with van der Waals surface area (Å²) in [5.74, 6) is -0.324. The smallest absolute Gasteiger partial charge is 0.274 e. The second-order valence-corrected chi connectivity index (χ2v) is 6.42. The molecule has 6 heteroatoms. The van der Waals surface area contributed by atoms with Crippen molar-refractivity contribution in [2.75, 3.05) is 28.6 Å². The molecule has 2 N–H and O–H groups in total. The molecule has 1 amide bonds. The minimum atomic E-state index is -0.324. The monoisotopic (exact) mass is 385 g/mol. The first-order chi connectivity index (χ1) is 14.1. The van der Waals surface area contributed by atoms with Gasteiger partial charge in [0, 0.05) is 30.2 Å². The zero-order valence-corrected chi connectivity index (χ0v) is 16.5. The number of carbonyl (C=O) groups is 1. The molecule has 0 unspecified atom stereocenters. The molecule has 0 aliphatic rings. The molecule has 0 aliphatic heterocycles. The predicted molar refractivity (Wildman–Crippen MR) is 117 cm³/mol. The van der Waals surface area contributed by atoms with Gasteiger partial charge in [-0.25, -0.2) is 4.98 Å². The summed E-state index contributed by atoms with van der Waals surface area (Å²) in [6, 6.07) is 20.5. The summed E-state index contributed by atoms with van der Waals surface area (Å²) in [6.45, 7) is 6.22. The van der Waals surface area contributed by atoms with Crippen LogP contribution in [0.25, 0.3) is 0 Å². The van der Waals surface area contributed by atoms with E-state index in [1.165, 1.54) is 5.69 Å². The van der Waals surface area contributed by atoms with Crippen LogP contribution in [0.1, 0.15) is 29.9 Å². The minimum absolute atomic E-state index is 0.301. The zero-order valence-electron chi connectivity index (χ0n) is 16.5. The van der Waals surface area contributed by atoms with Crippen molar-refractivity contribution in [3.05, 3.63) is 78.1 Å². The van der Waals surface area contributed by atoms with E-state index in [1.54, 1.807) is 36.5 Å². The zero-order chi connectivity index (χ0) is 20.6. The summed E-state index contributed by atoms with van der Waals surface area (Å²) in [7, 11) is 0. The van der Waals surface area contributed by atoms with Gasteiger partial charge in [0.1, 0.15) is 5.69 Å². The van der Waals surface area contributed by atoms with Gasteiger partial charge in [-0.2, -0.15) is 5.26 Å². The number of anilines is 4. The number of hydrogen-bond acceptors (Lipinski definition) is 5. The average molecular weight is 385 g/mol. The van der Waals surface area contributed by atoms with Gasteiger partial charge in [0.15, 0.2) is 0 Å². The first-order valence-corrected chi connectivity index (χ1v) is 9.52. The Morgan fingerprint density at radius 2 is 1.72 bits per heavy atom. The van der Waals surface area contributed by atoms with Gasteiger partial charge in [-0.05, 0) is 68.4 Å². The Morgan fingerprint density at radius 3 is 2.34 bits per heavy atom. The summed E-state index contributed by atoms with van der Waals surface area (Å²) in [4.78, 5) is 18.9. The van der Waals surface area contributed by atoms with Crippen LogP contribution >= 0.6 is 0 Å². The summed E-state index contributed by atoms with van der Waals surface area (Å²) >= 11 is 0. The first kappa shape index (κ1) is 19.9. The highest BCUT2D eigenvalue weighted by Gasteiger charge is 2.08. The third-order valence-electron chi connectivity index (χ3n) is 4.53. The molecule has 0 spiro atoms. The van der Waals surface area contributed by atoms with Crippen molar-refractivity contribution >= 4 is 28.7 Å². The van der Waals surface area contributed by atoms with Crippen LogP contribution < -0.4 is 15.5 Å². The molecule has 0 atom stereocenters. The number of amides is 1. The van der Waals surface area contributed by atoms with Crippen molar-refractivity contribution in [1.82, 2.24) is 4.98 Å². The van der Waals surface area contributed by atoms with Crippen LogP contribution in [0, 0.1) is 11.3 Å². The number of nitrogens with one attached hydrogen (secondary N) is 2. The molecule has 146 valence electrons. The number of aromatic nitrogens is 1. The Kier molecular flexibility index (Phi) is 6.43. The Bertz CT molecular complexity index is 1000. The van der Waals surface area contributed by atoms with Gasteiger partial charge in [-0.1, -0.05) is 6.07 Å². The number of rotatable bonds is 7. The minimum Gasteiger partial charge on any atom is -0.372 e. The quantitative estimate of drug-likeness (QED) is 0.611. The molecular weight excluding hydrogens is 362 g/mol. The lowest BCUT2D eigenvalue weighted by Gasteiger charge is -2.21. The van der Waals surface area contributed by atoms with Crippen molar-refractivity contribution < 1.29 is 4.79 Å². The van der Waals surface area contributed by atoms with E-state index in [9.17, 15) is 4.79 Å². The molecule has 0 aliphatic carbocycles. The Morgan fingerprint density at radius 1 is 1.00 bits per heavy atom. The van der Waals surface area contributed by atoms with E-state index in [-0.39, 0.29) is 5.91 Å². The molecule has 1 aromatic heterocycles. The van der Waals surface area contributed by atoms with E-state index >= 15 is 0 Å². The Balaban J connectivity index is 1.64. The number of carbonyl (C=O) groups excluding carboxylic acids is 1. The molecule has 3 rings (SSSR count).